The first-order valence-corrected chi connectivity index (χ1v) is 6.53. The summed E-state index contributed by atoms with van der Waals surface area (Å²) < 4.78 is 5.48. The van der Waals surface area contributed by atoms with E-state index in [1.54, 1.807) is 0 Å². The number of carbonyl (C=O) groups excluding carboxylic acids is 1. The SMILES string of the molecule is CCOc1ccc(CCNC(=O)CCC#N)cc1C. The van der Waals surface area contributed by atoms with Gasteiger partial charge in [-0.3, -0.25) is 4.79 Å². The molecule has 4 nitrogen and oxygen atoms in total. The van der Waals surface area contributed by atoms with Gasteiger partial charge in [0.05, 0.1) is 12.7 Å². The zero-order valence-corrected chi connectivity index (χ0v) is 11.5. The second kappa shape index (κ2) is 8.15. The molecule has 0 saturated carbocycles. The van der Waals surface area contributed by atoms with Gasteiger partial charge in [0.15, 0.2) is 0 Å². The minimum atomic E-state index is -0.0655. The number of ether oxygens (including phenoxy) is 1. The van der Waals surface area contributed by atoms with Gasteiger partial charge in [0.25, 0.3) is 0 Å². The summed E-state index contributed by atoms with van der Waals surface area (Å²) in [5, 5.41) is 11.2. The first kappa shape index (κ1) is 15.0. The minimum absolute atomic E-state index is 0.0655. The van der Waals surface area contributed by atoms with Crippen LogP contribution in [-0.2, 0) is 11.2 Å². The van der Waals surface area contributed by atoms with E-state index in [4.69, 9.17) is 10.00 Å². The van der Waals surface area contributed by atoms with Crippen molar-refractivity contribution in [1.82, 2.24) is 5.32 Å². The highest BCUT2D eigenvalue weighted by Gasteiger charge is 2.02. The van der Waals surface area contributed by atoms with Crippen LogP contribution in [0.5, 0.6) is 5.75 Å². The van der Waals surface area contributed by atoms with E-state index in [0.717, 1.165) is 17.7 Å². The van der Waals surface area contributed by atoms with Crippen LogP contribution in [-0.4, -0.2) is 19.1 Å². The molecule has 0 bridgehead atoms. The monoisotopic (exact) mass is 260 g/mol. The van der Waals surface area contributed by atoms with Crippen molar-refractivity contribution in [2.75, 3.05) is 13.2 Å². The van der Waals surface area contributed by atoms with Crippen LogP contribution >= 0.6 is 0 Å². The first-order valence-electron chi connectivity index (χ1n) is 6.53. The molecule has 0 heterocycles. The summed E-state index contributed by atoms with van der Waals surface area (Å²) in [6.45, 7) is 5.23. The van der Waals surface area contributed by atoms with Crippen molar-refractivity contribution in [2.24, 2.45) is 0 Å². The normalized spacial score (nSPS) is 9.74. The van der Waals surface area contributed by atoms with Crippen LogP contribution in [0.25, 0.3) is 0 Å². The van der Waals surface area contributed by atoms with Crippen molar-refractivity contribution in [3.63, 3.8) is 0 Å². The average molecular weight is 260 g/mol. The number of carbonyl (C=O) groups is 1. The molecule has 0 aromatic heterocycles. The molecule has 4 heteroatoms. The number of hydrogen-bond donors (Lipinski definition) is 1. The van der Waals surface area contributed by atoms with E-state index in [9.17, 15) is 4.79 Å². The minimum Gasteiger partial charge on any atom is -0.494 e. The molecule has 0 aliphatic carbocycles. The molecule has 0 radical (unpaired) electrons. The lowest BCUT2D eigenvalue weighted by Gasteiger charge is -2.09. The van der Waals surface area contributed by atoms with Gasteiger partial charge >= 0.3 is 0 Å². The maximum atomic E-state index is 11.3. The maximum Gasteiger partial charge on any atom is 0.221 e. The molecule has 19 heavy (non-hydrogen) atoms. The number of nitrogens with one attached hydrogen (secondary N) is 1. The number of benzene rings is 1. The van der Waals surface area contributed by atoms with E-state index in [1.165, 1.54) is 5.56 Å². The molecule has 1 N–H and O–H groups in total. The molecule has 1 amide bonds. The molecule has 1 rings (SSSR count). The van der Waals surface area contributed by atoms with Crippen LogP contribution in [0.2, 0.25) is 0 Å². The van der Waals surface area contributed by atoms with Crippen LogP contribution in [0.3, 0.4) is 0 Å². The molecule has 0 unspecified atom stereocenters. The lowest BCUT2D eigenvalue weighted by molar-refractivity contribution is -0.120. The molecule has 0 spiro atoms. The Hall–Kier alpha value is -2.02. The van der Waals surface area contributed by atoms with Gasteiger partial charge in [-0.25, -0.2) is 0 Å². The summed E-state index contributed by atoms with van der Waals surface area (Å²) in [5.41, 5.74) is 2.27. The largest absolute Gasteiger partial charge is 0.494 e. The molecule has 0 fully saturated rings. The maximum absolute atomic E-state index is 11.3. The summed E-state index contributed by atoms with van der Waals surface area (Å²) in [4.78, 5) is 11.3. The van der Waals surface area contributed by atoms with Crippen LogP contribution < -0.4 is 10.1 Å². The fourth-order valence-electron chi connectivity index (χ4n) is 1.79. The van der Waals surface area contributed by atoms with Crippen molar-refractivity contribution >= 4 is 5.91 Å². The second-order valence-corrected chi connectivity index (χ2v) is 4.29. The Bertz CT molecular complexity index is 464. The summed E-state index contributed by atoms with van der Waals surface area (Å²) in [7, 11) is 0. The Morgan fingerprint density at radius 1 is 1.47 bits per heavy atom. The van der Waals surface area contributed by atoms with Crippen LogP contribution in [0, 0.1) is 18.3 Å². The Balaban J connectivity index is 2.40. The third kappa shape index (κ3) is 5.43. The summed E-state index contributed by atoms with van der Waals surface area (Å²) in [6, 6.07) is 8.01. The Morgan fingerprint density at radius 3 is 2.89 bits per heavy atom. The van der Waals surface area contributed by atoms with Crippen molar-refractivity contribution in [1.29, 1.82) is 5.26 Å². The van der Waals surface area contributed by atoms with Crippen molar-refractivity contribution in [3.8, 4) is 11.8 Å². The number of rotatable bonds is 7. The highest BCUT2D eigenvalue weighted by molar-refractivity contribution is 5.76. The predicted molar refractivity (Wildman–Crippen MR) is 73.9 cm³/mol. The van der Waals surface area contributed by atoms with Crippen molar-refractivity contribution < 1.29 is 9.53 Å². The molecular formula is C15H20N2O2. The number of aryl methyl sites for hydroxylation is 1. The molecule has 0 aliphatic rings. The molecule has 0 saturated heterocycles. The second-order valence-electron chi connectivity index (χ2n) is 4.29. The number of nitriles is 1. The zero-order chi connectivity index (χ0) is 14.1. The van der Waals surface area contributed by atoms with E-state index >= 15 is 0 Å². The van der Waals surface area contributed by atoms with Gasteiger partial charge in [-0.05, 0) is 37.5 Å². The first-order chi connectivity index (χ1) is 9.17. The fraction of sp³-hybridized carbons (Fsp3) is 0.467. The fourth-order valence-corrected chi connectivity index (χ4v) is 1.79. The van der Waals surface area contributed by atoms with Gasteiger partial charge < -0.3 is 10.1 Å². The molecule has 102 valence electrons. The molecule has 0 atom stereocenters. The van der Waals surface area contributed by atoms with Gasteiger partial charge in [-0.1, -0.05) is 12.1 Å². The molecular weight excluding hydrogens is 240 g/mol. The van der Waals surface area contributed by atoms with Gasteiger partial charge in [0.2, 0.25) is 5.91 Å². The van der Waals surface area contributed by atoms with E-state index in [-0.39, 0.29) is 18.7 Å². The lowest BCUT2D eigenvalue weighted by atomic mass is 10.1. The standard InChI is InChI=1S/C15H20N2O2/c1-3-19-14-7-6-13(11-12(14)2)8-10-17-15(18)5-4-9-16/h6-7,11H,3-5,8,10H2,1-2H3,(H,17,18). The number of hydrogen-bond acceptors (Lipinski definition) is 3. The summed E-state index contributed by atoms with van der Waals surface area (Å²) >= 11 is 0. The highest BCUT2D eigenvalue weighted by Crippen LogP contribution is 2.19. The predicted octanol–water partition coefficient (Wildman–Crippen LogP) is 2.36. The van der Waals surface area contributed by atoms with Gasteiger partial charge in [-0.2, -0.15) is 5.26 Å². The van der Waals surface area contributed by atoms with Crippen molar-refractivity contribution in [3.05, 3.63) is 29.3 Å². The Morgan fingerprint density at radius 2 is 2.26 bits per heavy atom. The molecule has 0 aliphatic heterocycles. The third-order valence-electron chi connectivity index (χ3n) is 2.74. The quantitative estimate of drug-likeness (QED) is 0.818. The van der Waals surface area contributed by atoms with Gasteiger partial charge in [0.1, 0.15) is 5.75 Å². The Kier molecular flexibility index (Phi) is 6.45. The number of amides is 1. The third-order valence-corrected chi connectivity index (χ3v) is 2.74. The van der Waals surface area contributed by atoms with E-state index in [1.807, 2.05) is 32.0 Å². The van der Waals surface area contributed by atoms with E-state index in [0.29, 0.717) is 13.2 Å². The van der Waals surface area contributed by atoms with Gasteiger partial charge in [-0.15, -0.1) is 0 Å². The van der Waals surface area contributed by atoms with E-state index < -0.39 is 0 Å². The van der Waals surface area contributed by atoms with Crippen molar-refractivity contribution in [2.45, 2.75) is 33.1 Å². The van der Waals surface area contributed by atoms with Gasteiger partial charge in [0, 0.05) is 19.4 Å². The number of nitrogens with zero attached hydrogens (tertiary/aromatic N) is 1. The van der Waals surface area contributed by atoms with Crippen LogP contribution in [0.15, 0.2) is 18.2 Å². The topological polar surface area (TPSA) is 62.1 Å². The summed E-state index contributed by atoms with van der Waals surface area (Å²) in [5.74, 6) is 0.841. The zero-order valence-electron chi connectivity index (χ0n) is 11.5. The highest BCUT2D eigenvalue weighted by atomic mass is 16.5. The smallest absolute Gasteiger partial charge is 0.221 e. The molecule has 1 aromatic carbocycles. The van der Waals surface area contributed by atoms with Crippen LogP contribution in [0.4, 0.5) is 0 Å². The van der Waals surface area contributed by atoms with E-state index in [2.05, 4.69) is 11.4 Å². The lowest BCUT2D eigenvalue weighted by Crippen LogP contribution is -2.25. The Labute approximate surface area is 114 Å². The molecule has 1 aromatic rings. The van der Waals surface area contributed by atoms with Crippen LogP contribution in [0.1, 0.15) is 30.9 Å². The summed E-state index contributed by atoms with van der Waals surface area (Å²) in [6.07, 6.45) is 1.33. The average Bonchev–Trinajstić information content (AvgIpc) is 2.39.